The molecular formula is C22H24N4O2. The number of carbonyl (C=O) groups is 1. The highest BCUT2D eigenvalue weighted by Crippen LogP contribution is 2.30. The highest BCUT2D eigenvalue weighted by molar-refractivity contribution is 5.75. The number of hydrogen-bond acceptors (Lipinski definition) is 3. The summed E-state index contributed by atoms with van der Waals surface area (Å²) in [5.41, 5.74) is 4.09. The maximum Gasteiger partial charge on any atom is 0.317 e. The van der Waals surface area contributed by atoms with Gasteiger partial charge in [0.15, 0.2) is 0 Å². The summed E-state index contributed by atoms with van der Waals surface area (Å²) >= 11 is 0. The molecule has 0 fully saturated rings. The number of ether oxygens (including phenoxy) is 1. The van der Waals surface area contributed by atoms with Crippen LogP contribution in [0.1, 0.15) is 25.1 Å². The Morgan fingerprint density at radius 2 is 1.82 bits per heavy atom. The monoisotopic (exact) mass is 376 g/mol. The van der Waals surface area contributed by atoms with Crippen molar-refractivity contribution in [2.75, 3.05) is 6.54 Å². The smallest absolute Gasteiger partial charge is 0.317 e. The molecule has 3 aromatic rings. The Kier molecular flexibility index (Phi) is 5.02. The number of urea groups is 1. The van der Waals surface area contributed by atoms with Crippen molar-refractivity contribution >= 4 is 6.03 Å². The normalized spacial score (nSPS) is 13.3. The third-order valence-electron chi connectivity index (χ3n) is 4.74. The fraction of sp³-hybridized carbons (Fsp3) is 0.273. The Hall–Kier alpha value is -3.28. The van der Waals surface area contributed by atoms with E-state index in [0.29, 0.717) is 13.1 Å². The second-order valence-corrected chi connectivity index (χ2v) is 7.24. The molecule has 0 aliphatic carbocycles. The fourth-order valence-electron chi connectivity index (χ4n) is 3.35. The molecule has 6 nitrogen and oxygen atoms in total. The van der Waals surface area contributed by atoms with Crippen molar-refractivity contribution in [3.8, 4) is 22.8 Å². The van der Waals surface area contributed by atoms with Crippen molar-refractivity contribution in [2.45, 2.75) is 32.9 Å². The van der Waals surface area contributed by atoms with E-state index in [1.807, 2.05) is 73.3 Å². The number of aromatic nitrogens is 2. The molecule has 0 saturated heterocycles. The summed E-state index contributed by atoms with van der Waals surface area (Å²) in [5, 5.41) is 10.6. The van der Waals surface area contributed by atoms with Gasteiger partial charge in [0.25, 0.3) is 0 Å². The predicted molar refractivity (Wildman–Crippen MR) is 108 cm³/mol. The van der Waals surface area contributed by atoms with Crippen LogP contribution in [0.4, 0.5) is 4.79 Å². The first-order chi connectivity index (χ1) is 13.6. The minimum absolute atomic E-state index is 0.0283. The van der Waals surface area contributed by atoms with Crippen LogP contribution in [0.2, 0.25) is 0 Å². The number of carbonyl (C=O) groups excluding carboxylic acids is 1. The number of nitrogens with zero attached hydrogens (tertiary/aromatic N) is 2. The van der Waals surface area contributed by atoms with Gasteiger partial charge in [-0.25, -0.2) is 4.79 Å². The predicted octanol–water partition coefficient (Wildman–Crippen LogP) is 4.35. The highest BCUT2D eigenvalue weighted by atomic mass is 16.5. The van der Waals surface area contributed by atoms with Crippen LogP contribution in [0.15, 0.2) is 54.6 Å². The van der Waals surface area contributed by atoms with Gasteiger partial charge < -0.3 is 15.0 Å². The summed E-state index contributed by atoms with van der Waals surface area (Å²) in [7, 11) is 0. The van der Waals surface area contributed by atoms with Gasteiger partial charge in [0.1, 0.15) is 11.5 Å². The molecule has 0 unspecified atom stereocenters. The molecule has 2 aromatic carbocycles. The summed E-state index contributed by atoms with van der Waals surface area (Å²) in [6, 6.07) is 17.7. The van der Waals surface area contributed by atoms with E-state index >= 15 is 0 Å². The zero-order chi connectivity index (χ0) is 19.5. The zero-order valence-electron chi connectivity index (χ0n) is 16.1. The number of hydrogen-bond donors (Lipinski definition) is 2. The van der Waals surface area contributed by atoms with E-state index in [0.717, 1.165) is 40.4 Å². The third-order valence-corrected chi connectivity index (χ3v) is 4.74. The van der Waals surface area contributed by atoms with Gasteiger partial charge in [-0.1, -0.05) is 18.2 Å². The van der Waals surface area contributed by atoms with E-state index in [4.69, 9.17) is 4.74 Å². The first-order valence-corrected chi connectivity index (χ1v) is 9.55. The molecule has 0 radical (unpaired) electrons. The van der Waals surface area contributed by atoms with E-state index in [9.17, 15) is 4.79 Å². The Morgan fingerprint density at radius 1 is 1.11 bits per heavy atom. The molecule has 0 saturated carbocycles. The van der Waals surface area contributed by atoms with Crippen LogP contribution in [-0.2, 0) is 13.0 Å². The van der Waals surface area contributed by atoms with Crippen LogP contribution < -0.4 is 10.1 Å². The molecule has 0 atom stereocenters. The van der Waals surface area contributed by atoms with Crippen molar-refractivity contribution in [3.05, 3.63) is 65.9 Å². The number of para-hydroxylation sites is 1. The Labute approximate surface area is 164 Å². The number of rotatable bonds is 4. The van der Waals surface area contributed by atoms with Crippen molar-refractivity contribution < 1.29 is 9.53 Å². The molecule has 0 spiro atoms. The summed E-state index contributed by atoms with van der Waals surface area (Å²) < 4.78 is 5.86. The molecule has 2 heterocycles. The average Bonchev–Trinajstić information content (AvgIpc) is 3.12. The minimum Gasteiger partial charge on any atom is -0.457 e. The molecular weight excluding hydrogens is 352 g/mol. The second-order valence-electron chi connectivity index (χ2n) is 7.24. The Balaban J connectivity index is 1.52. The van der Waals surface area contributed by atoms with Crippen molar-refractivity contribution in [1.29, 1.82) is 0 Å². The van der Waals surface area contributed by atoms with E-state index in [1.165, 1.54) is 0 Å². The quantitative estimate of drug-likeness (QED) is 0.711. The number of benzene rings is 2. The SMILES string of the molecule is CC(C)NC(=O)N1CCc2[nH]nc(-c3ccc(Oc4ccccc4)cc3)c2C1. The van der Waals surface area contributed by atoms with E-state index in [1.54, 1.807) is 0 Å². The largest absolute Gasteiger partial charge is 0.457 e. The fourth-order valence-corrected chi connectivity index (χ4v) is 3.35. The van der Waals surface area contributed by atoms with Gasteiger partial charge in [0.05, 0.1) is 12.2 Å². The molecule has 4 rings (SSSR count). The molecule has 2 amide bonds. The first kappa shape index (κ1) is 18.1. The molecule has 1 aliphatic rings. The van der Waals surface area contributed by atoms with Crippen LogP contribution in [0, 0.1) is 0 Å². The number of H-pyrrole nitrogens is 1. The summed E-state index contributed by atoms with van der Waals surface area (Å²) in [6.07, 6.45) is 0.781. The van der Waals surface area contributed by atoms with Crippen LogP contribution >= 0.6 is 0 Å². The number of nitrogens with one attached hydrogen (secondary N) is 2. The minimum atomic E-state index is -0.0283. The maximum absolute atomic E-state index is 12.4. The summed E-state index contributed by atoms with van der Waals surface area (Å²) in [5.74, 6) is 1.58. The zero-order valence-corrected chi connectivity index (χ0v) is 16.1. The van der Waals surface area contributed by atoms with E-state index < -0.39 is 0 Å². The van der Waals surface area contributed by atoms with Gasteiger partial charge in [0.2, 0.25) is 0 Å². The molecule has 28 heavy (non-hydrogen) atoms. The second kappa shape index (κ2) is 7.76. The molecule has 144 valence electrons. The Morgan fingerprint density at radius 3 is 2.54 bits per heavy atom. The molecule has 0 bridgehead atoms. The van der Waals surface area contributed by atoms with Gasteiger partial charge >= 0.3 is 6.03 Å². The van der Waals surface area contributed by atoms with E-state index in [-0.39, 0.29) is 12.1 Å². The standard InChI is InChI=1S/C22H24N4O2/c1-15(2)23-22(27)26-13-12-20-19(14-26)21(25-24-20)16-8-10-18(11-9-16)28-17-6-4-3-5-7-17/h3-11,15H,12-14H2,1-2H3,(H,23,27)(H,24,25). The number of amides is 2. The van der Waals surface area contributed by atoms with Gasteiger partial charge in [-0.15, -0.1) is 0 Å². The van der Waals surface area contributed by atoms with Crippen LogP contribution in [-0.4, -0.2) is 33.7 Å². The first-order valence-electron chi connectivity index (χ1n) is 9.55. The Bertz CT molecular complexity index is 948. The molecule has 1 aromatic heterocycles. The molecule has 6 heteroatoms. The number of fused-ring (bicyclic) bond motifs is 1. The maximum atomic E-state index is 12.4. The third kappa shape index (κ3) is 3.86. The van der Waals surface area contributed by atoms with Gasteiger partial charge in [-0.05, 0) is 50.2 Å². The highest BCUT2D eigenvalue weighted by Gasteiger charge is 2.25. The average molecular weight is 376 g/mol. The molecule has 1 aliphatic heterocycles. The lowest BCUT2D eigenvalue weighted by Gasteiger charge is -2.28. The molecule has 2 N–H and O–H groups in total. The summed E-state index contributed by atoms with van der Waals surface area (Å²) in [6.45, 7) is 5.18. The van der Waals surface area contributed by atoms with Crippen LogP contribution in [0.5, 0.6) is 11.5 Å². The van der Waals surface area contributed by atoms with Gasteiger partial charge in [-0.2, -0.15) is 5.10 Å². The van der Waals surface area contributed by atoms with Gasteiger partial charge in [0, 0.05) is 35.8 Å². The van der Waals surface area contributed by atoms with Crippen molar-refractivity contribution in [3.63, 3.8) is 0 Å². The number of aromatic amines is 1. The van der Waals surface area contributed by atoms with Crippen LogP contribution in [0.3, 0.4) is 0 Å². The van der Waals surface area contributed by atoms with E-state index in [2.05, 4.69) is 15.5 Å². The van der Waals surface area contributed by atoms with Crippen LogP contribution in [0.25, 0.3) is 11.3 Å². The van der Waals surface area contributed by atoms with Crippen molar-refractivity contribution in [1.82, 2.24) is 20.4 Å². The summed E-state index contributed by atoms with van der Waals surface area (Å²) in [4.78, 5) is 14.2. The lowest BCUT2D eigenvalue weighted by Crippen LogP contribution is -2.45. The van der Waals surface area contributed by atoms with Gasteiger partial charge in [-0.3, -0.25) is 5.10 Å². The lowest BCUT2D eigenvalue weighted by molar-refractivity contribution is 0.190. The van der Waals surface area contributed by atoms with Crippen molar-refractivity contribution in [2.24, 2.45) is 0 Å². The lowest BCUT2D eigenvalue weighted by atomic mass is 10.0. The topological polar surface area (TPSA) is 70.2 Å².